The van der Waals surface area contributed by atoms with Crippen molar-refractivity contribution < 1.29 is 19.3 Å². The predicted octanol–water partition coefficient (Wildman–Crippen LogP) is 3.26. The number of ether oxygens (including phenoxy) is 3. The molecule has 1 aliphatic heterocycles. The Morgan fingerprint density at radius 1 is 1.05 bits per heavy atom. The number of methoxy groups -OCH3 is 2. The molecule has 0 spiro atoms. The fourth-order valence-electron chi connectivity index (χ4n) is 2.68. The molecule has 4 heteroatoms. The Morgan fingerprint density at radius 3 is 2.62 bits per heavy atom. The first kappa shape index (κ1) is 13.8. The first-order valence-electron chi connectivity index (χ1n) is 6.88. The Bertz CT molecular complexity index is 638. The molecule has 2 aromatic carbocycles. The summed E-state index contributed by atoms with van der Waals surface area (Å²) in [5.41, 5.74) is 1.71. The van der Waals surface area contributed by atoms with E-state index in [9.17, 15) is 5.11 Å². The van der Waals surface area contributed by atoms with Gasteiger partial charge in [0.05, 0.1) is 20.3 Å². The van der Waals surface area contributed by atoms with E-state index >= 15 is 0 Å². The second-order valence-electron chi connectivity index (χ2n) is 5.00. The second-order valence-corrected chi connectivity index (χ2v) is 5.00. The third-order valence-electron chi connectivity index (χ3n) is 3.77. The fraction of sp³-hybridized carbons (Fsp3) is 0.294. The maximum Gasteiger partial charge on any atom is 0.130 e. The number of para-hydroxylation sites is 1. The van der Waals surface area contributed by atoms with Crippen molar-refractivity contribution in [2.45, 2.75) is 18.6 Å². The third kappa shape index (κ3) is 2.54. The zero-order valence-corrected chi connectivity index (χ0v) is 12.1. The maximum atomic E-state index is 10.4. The first-order valence-corrected chi connectivity index (χ1v) is 6.88. The molecule has 0 radical (unpaired) electrons. The van der Waals surface area contributed by atoms with Gasteiger partial charge in [0.25, 0.3) is 0 Å². The fourth-order valence-corrected chi connectivity index (χ4v) is 2.68. The molecule has 2 atom stereocenters. The van der Waals surface area contributed by atoms with Gasteiger partial charge in [0.1, 0.15) is 23.4 Å². The molecular weight excluding hydrogens is 268 g/mol. The number of aliphatic hydroxyl groups is 1. The highest BCUT2D eigenvalue weighted by atomic mass is 16.5. The molecule has 0 saturated carbocycles. The highest BCUT2D eigenvalue weighted by molar-refractivity contribution is 5.45. The SMILES string of the molecule is COc1ccc2c(c1)[C@@H](O)CC(c1ccccc1OC)O2. The van der Waals surface area contributed by atoms with E-state index in [4.69, 9.17) is 14.2 Å². The summed E-state index contributed by atoms with van der Waals surface area (Å²) in [5, 5.41) is 10.4. The zero-order valence-electron chi connectivity index (χ0n) is 12.1. The molecule has 3 rings (SSSR count). The molecule has 0 amide bonds. The normalized spacial score (nSPS) is 20.3. The molecule has 0 saturated heterocycles. The van der Waals surface area contributed by atoms with Crippen LogP contribution in [0.3, 0.4) is 0 Å². The molecular formula is C17H18O4. The number of hydrogen-bond donors (Lipinski definition) is 1. The van der Waals surface area contributed by atoms with Gasteiger partial charge in [-0.2, -0.15) is 0 Å². The lowest BCUT2D eigenvalue weighted by Crippen LogP contribution is -2.19. The number of hydrogen-bond acceptors (Lipinski definition) is 4. The summed E-state index contributed by atoms with van der Waals surface area (Å²) in [6.07, 6.45) is -0.323. The maximum absolute atomic E-state index is 10.4. The van der Waals surface area contributed by atoms with Gasteiger partial charge in [0, 0.05) is 17.5 Å². The van der Waals surface area contributed by atoms with E-state index in [1.807, 2.05) is 42.5 Å². The molecule has 4 nitrogen and oxygen atoms in total. The summed E-state index contributed by atoms with van der Waals surface area (Å²) in [6.45, 7) is 0. The highest BCUT2D eigenvalue weighted by Gasteiger charge is 2.30. The van der Waals surface area contributed by atoms with Crippen molar-refractivity contribution in [3.8, 4) is 17.2 Å². The molecule has 1 N–H and O–H groups in total. The van der Waals surface area contributed by atoms with Gasteiger partial charge in [-0.3, -0.25) is 0 Å². The molecule has 1 unspecified atom stereocenters. The van der Waals surface area contributed by atoms with Gasteiger partial charge in [0.2, 0.25) is 0 Å². The third-order valence-corrected chi connectivity index (χ3v) is 3.77. The number of benzene rings is 2. The minimum atomic E-state index is -0.584. The van der Waals surface area contributed by atoms with Crippen molar-refractivity contribution >= 4 is 0 Å². The smallest absolute Gasteiger partial charge is 0.130 e. The average Bonchev–Trinajstić information content (AvgIpc) is 2.54. The van der Waals surface area contributed by atoms with Crippen LogP contribution in [0.15, 0.2) is 42.5 Å². The summed E-state index contributed by atoms with van der Waals surface area (Å²) >= 11 is 0. The molecule has 0 aliphatic carbocycles. The molecule has 0 bridgehead atoms. The Kier molecular flexibility index (Phi) is 3.71. The molecule has 1 aliphatic rings. The van der Waals surface area contributed by atoms with Crippen LogP contribution in [0.2, 0.25) is 0 Å². The van der Waals surface area contributed by atoms with E-state index < -0.39 is 6.10 Å². The number of fused-ring (bicyclic) bond motifs is 1. The van der Waals surface area contributed by atoms with Gasteiger partial charge in [-0.1, -0.05) is 18.2 Å². The summed E-state index contributed by atoms with van der Waals surface area (Å²) in [6, 6.07) is 13.2. The van der Waals surface area contributed by atoms with Crippen LogP contribution >= 0.6 is 0 Å². The van der Waals surface area contributed by atoms with E-state index in [1.54, 1.807) is 14.2 Å². The van der Waals surface area contributed by atoms with E-state index in [2.05, 4.69) is 0 Å². The van der Waals surface area contributed by atoms with Gasteiger partial charge >= 0.3 is 0 Å². The lowest BCUT2D eigenvalue weighted by molar-refractivity contribution is 0.0642. The van der Waals surface area contributed by atoms with E-state index in [1.165, 1.54) is 0 Å². The van der Waals surface area contributed by atoms with Crippen LogP contribution in [0.1, 0.15) is 29.8 Å². The Labute approximate surface area is 123 Å². The lowest BCUT2D eigenvalue weighted by Gasteiger charge is -2.30. The minimum Gasteiger partial charge on any atom is -0.497 e. The topological polar surface area (TPSA) is 47.9 Å². The van der Waals surface area contributed by atoms with E-state index in [-0.39, 0.29) is 6.10 Å². The van der Waals surface area contributed by atoms with Crippen molar-refractivity contribution in [2.75, 3.05) is 14.2 Å². The van der Waals surface area contributed by atoms with Gasteiger partial charge in [-0.05, 0) is 24.3 Å². The predicted molar refractivity (Wildman–Crippen MR) is 78.9 cm³/mol. The monoisotopic (exact) mass is 286 g/mol. The largest absolute Gasteiger partial charge is 0.497 e. The van der Waals surface area contributed by atoms with Crippen LogP contribution in [0.5, 0.6) is 17.2 Å². The van der Waals surface area contributed by atoms with Gasteiger partial charge < -0.3 is 19.3 Å². The molecule has 0 fully saturated rings. The van der Waals surface area contributed by atoms with Crippen LogP contribution in [0.4, 0.5) is 0 Å². The standard InChI is InChI=1S/C17H18O4/c1-19-11-7-8-16-13(9-11)14(18)10-17(21-16)12-5-3-4-6-15(12)20-2/h3-9,14,17-18H,10H2,1-2H3/t14-,17?/m0/s1. The van der Waals surface area contributed by atoms with Crippen molar-refractivity contribution in [1.82, 2.24) is 0 Å². The first-order chi connectivity index (χ1) is 10.2. The molecule has 2 aromatic rings. The van der Waals surface area contributed by atoms with Crippen LogP contribution in [-0.2, 0) is 0 Å². The van der Waals surface area contributed by atoms with Crippen molar-refractivity contribution in [3.63, 3.8) is 0 Å². The van der Waals surface area contributed by atoms with Crippen molar-refractivity contribution in [3.05, 3.63) is 53.6 Å². The summed E-state index contributed by atoms with van der Waals surface area (Å²) < 4.78 is 16.6. The summed E-state index contributed by atoms with van der Waals surface area (Å²) in [4.78, 5) is 0. The van der Waals surface area contributed by atoms with Gasteiger partial charge in [0.15, 0.2) is 0 Å². The van der Waals surface area contributed by atoms with Crippen molar-refractivity contribution in [1.29, 1.82) is 0 Å². The zero-order chi connectivity index (χ0) is 14.8. The summed E-state index contributed by atoms with van der Waals surface area (Å²) in [5.74, 6) is 2.17. The second kappa shape index (κ2) is 5.66. The minimum absolute atomic E-state index is 0.225. The number of rotatable bonds is 3. The van der Waals surface area contributed by atoms with Crippen molar-refractivity contribution in [2.24, 2.45) is 0 Å². The average molecular weight is 286 g/mol. The Balaban J connectivity index is 1.95. The summed E-state index contributed by atoms with van der Waals surface area (Å²) in [7, 11) is 3.24. The molecule has 0 aromatic heterocycles. The number of aliphatic hydroxyl groups excluding tert-OH is 1. The van der Waals surface area contributed by atoms with Crippen LogP contribution in [0, 0.1) is 0 Å². The quantitative estimate of drug-likeness (QED) is 0.941. The Morgan fingerprint density at radius 2 is 1.86 bits per heavy atom. The van der Waals surface area contributed by atoms with Crippen LogP contribution < -0.4 is 14.2 Å². The molecule has 21 heavy (non-hydrogen) atoms. The molecule has 1 heterocycles. The van der Waals surface area contributed by atoms with Crippen LogP contribution in [-0.4, -0.2) is 19.3 Å². The molecule has 110 valence electrons. The highest BCUT2D eigenvalue weighted by Crippen LogP contribution is 2.43. The van der Waals surface area contributed by atoms with E-state index in [0.29, 0.717) is 17.9 Å². The van der Waals surface area contributed by atoms with Crippen LogP contribution in [0.25, 0.3) is 0 Å². The van der Waals surface area contributed by atoms with Gasteiger partial charge in [-0.25, -0.2) is 0 Å². The lowest BCUT2D eigenvalue weighted by atomic mass is 9.94. The van der Waals surface area contributed by atoms with E-state index in [0.717, 1.165) is 16.9 Å². The van der Waals surface area contributed by atoms with Gasteiger partial charge in [-0.15, -0.1) is 0 Å². The Hall–Kier alpha value is -2.20.